The van der Waals surface area contributed by atoms with Crippen molar-refractivity contribution in [2.24, 2.45) is 16.5 Å². The molecular formula is C20H20N4O2. The summed E-state index contributed by atoms with van der Waals surface area (Å²) in [5.74, 6) is -1.29. The topological polar surface area (TPSA) is 103 Å². The second-order valence-corrected chi connectivity index (χ2v) is 6.10. The highest BCUT2D eigenvalue weighted by Gasteiger charge is 2.23. The van der Waals surface area contributed by atoms with Gasteiger partial charge in [-0.1, -0.05) is 48.5 Å². The van der Waals surface area contributed by atoms with E-state index in [4.69, 9.17) is 11.5 Å². The van der Waals surface area contributed by atoms with Crippen molar-refractivity contribution in [1.82, 2.24) is 4.57 Å². The first-order chi connectivity index (χ1) is 12.5. The van der Waals surface area contributed by atoms with Gasteiger partial charge in [0.1, 0.15) is 0 Å². The highest BCUT2D eigenvalue weighted by atomic mass is 16.2. The molecule has 0 saturated heterocycles. The van der Waals surface area contributed by atoms with Crippen LogP contribution in [0.4, 0.5) is 0 Å². The third-order valence-corrected chi connectivity index (χ3v) is 4.30. The molecule has 1 aromatic heterocycles. The van der Waals surface area contributed by atoms with Gasteiger partial charge >= 0.3 is 0 Å². The van der Waals surface area contributed by atoms with E-state index in [1.54, 1.807) is 10.8 Å². The average molecular weight is 348 g/mol. The van der Waals surface area contributed by atoms with Gasteiger partial charge in [0, 0.05) is 18.5 Å². The minimum atomic E-state index is -0.537. The Kier molecular flexibility index (Phi) is 4.84. The smallest absolute Gasteiger partial charge is 0.256 e. The van der Waals surface area contributed by atoms with Gasteiger partial charge in [-0.25, -0.2) is 0 Å². The molecule has 0 saturated carbocycles. The van der Waals surface area contributed by atoms with Crippen LogP contribution in [-0.4, -0.2) is 22.3 Å². The summed E-state index contributed by atoms with van der Waals surface area (Å²) in [6.07, 6.45) is 2.17. The Morgan fingerprint density at radius 3 is 2.35 bits per heavy atom. The molecule has 6 nitrogen and oxygen atoms in total. The Balaban J connectivity index is 2.08. The minimum absolute atomic E-state index is 0.0840. The average Bonchev–Trinajstić information content (AvgIpc) is 2.99. The maximum atomic E-state index is 12.6. The molecule has 0 unspecified atom stereocenters. The number of aliphatic imine (C=N–C) groups is 1. The normalized spacial score (nSPS) is 11.9. The number of guanidine groups is 1. The summed E-state index contributed by atoms with van der Waals surface area (Å²) in [6.45, 7) is 1.51. The quantitative estimate of drug-likeness (QED) is 0.558. The molecule has 0 aliphatic carbocycles. The Labute approximate surface area is 151 Å². The highest BCUT2D eigenvalue weighted by molar-refractivity contribution is 5.97. The zero-order valence-electron chi connectivity index (χ0n) is 14.4. The number of para-hydroxylation sites is 1. The van der Waals surface area contributed by atoms with Crippen LogP contribution in [0.15, 0.2) is 65.8 Å². The van der Waals surface area contributed by atoms with Crippen molar-refractivity contribution in [2.45, 2.75) is 19.3 Å². The molecule has 1 atom stereocenters. The third-order valence-electron chi connectivity index (χ3n) is 4.30. The maximum absolute atomic E-state index is 12.6. The summed E-state index contributed by atoms with van der Waals surface area (Å²) in [5.41, 5.74) is 13.3. The largest absolute Gasteiger partial charge is 0.370 e. The van der Waals surface area contributed by atoms with E-state index in [1.165, 1.54) is 6.92 Å². The number of hydrogen-bond donors (Lipinski definition) is 2. The first-order valence-electron chi connectivity index (χ1n) is 8.25. The van der Waals surface area contributed by atoms with Crippen molar-refractivity contribution < 1.29 is 9.59 Å². The number of nitrogens with two attached hydrogens (primary N) is 2. The Hall–Kier alpha value is -3.41. The number of hydrogen-bond acceptors (Lipinski definition) is 2. The van der Waals surface area contributed by atoms with Crippen LogP contribution in [0.5, 0.6) is 0 Å². The van der Waals surface area contributed by atoms with Gasteiger partial charge in [-0.05, 0) is 23.6 Å². The number of amides is 1. The van der Waals surface area contributed by atoms with E-state index in [2.05, 4.69) is 4.99 Å². The number of nitrogens with zero attached hydrogens (tertiary/aromatic N) is 2. The predicted octanol–water partition coefficient (Wildman–Crippen LogP) is 2.43. The fourth-order valence-corrected chi connectivity index (χ4v) is 3.13. The van der Waals surface area contributed by atoms with Crippen molar-refractivity contribution in [3.05, 3.63) is 71.9 Å². The first kappa shape index (κ1) is 17.4. The molecule has 1 heterocycles. The van der Waals surface area contributed by atoms with Crippen LogP contribution in [0.25, 0.3) is 10.9 Å². The zero-order chi connectivity index (χ0) is 18.7. The van der Waals surface area contributed by atoms with Crippen LogP contribution in [0.1, 0.15) is 28.8 Å². The van der Waals surface area contributed by atoms with Gasteiger partial charge in [0.05, 0.1) is 11.4 Å². The lowest BCUT2D eigenvalue weighted by Crippen LogP contribution is -2.26. The second-order valence-electron chi connectivity index (χ2n) is 6.10. The summed E-state index contributed by atoms with van der Waals surface area (Å²) in [5, 5.41) is 0.932. The van der Waals surface area contributed by atoms with Crippen molar-refractivity contribution in [3.8, 4) is 0 Å². The summed E-state index contributed by atoms with van der Waals surface area (Å²) in [6, 6.07) is 17.0. The number of carbonyl (C=O) groups is 2. The molecule has 0 aliphatic rings. The lowest BCUT2D eigenvalue weighted by atomic mass is 9.91. The molecular weight excluding hydrogens is 328 g/mol. The molecule has 0 spiro atoms. The van der Waals surface area contributed by atoms with Gasteiger partial charge in [0.25, 0.3) is 5.91 Å². The van der Waals surface area contributed by atoms with Gasteiger partial charge in [0.2, 0.25) is 5.91 Å². The fourth-order valence-electron chi connectivity index (χ4n) is 3.13. The predicted molar refractivity (Wildman–Crippen MR) is 102 cm³/mol. The van der Waals surface area contributed by atoms with Gasteiger partial charge in [-0.3, -0.25) is 14.2 Å². The Bertz CT molecular complexity index is 985. The molecule has 1 amide bonds. The highest BCUT2D eigenvalue weighted by Crippen LogP contribution is 2.28. The minimum Gasteiger partial charge on any atom is -0.370 e. The van der Waals surface area contributed by atoms with E-state index in [-0.39, 0.29) is 11.9 Å². The van der Waals surface area contributed by atoms with Gasteiger partial charge in [0.15, 0.2) is 5.96 Å². The van der Waals surface area contributed by atoms with Crippen molar-refractivity contribution in [1.29, 1.82) is 0 Å². The van der Waals surface area contributed by atoms with E-state index in [0.717, 1.165) is 22.0 Å². The molecule has 3 aromatic rings. The SMILES string of the molecule is CC(=O)n1cc(C[C@@H](C(=O)N=C(N)N)c2ccccc2)c2ccccc21. The summed E-state index contributed by atoms with van der Waals surface area (Å²) >= 11 is 0. The van der Waals surface area contributed by atoms with E-state index in [9.17, 15) is 9.59 Å². The molecule has 26 heavy (non-hydrogen) atoms. The lowest BCUT2D eigenvalue weighted by molar-refractivity contribution is -0.119. The lowest BCUT2D eigenvalue weighted by Gasteiger charge is -2.13. The third kappa shape index (κ3) is 3.49. The second kappa shape index (κ2) is 7.23. The van der Waals surface area contributed by atoms with Crippen molar-refractivity contribution >= 4 is 28.7 Å². The molecule has 4 N–H and O–H groups in total. The van der Waals surface area contributed by atoms with E-state index in [1.807, 2.05) is 54.6 Å². The first-order valence-corrected chi connectivity index (χ1v) is 8.25. The molecule has 2 aromatic carbocycles. The number of benzene rings is 2. The monoisotopic (exact) mass is 348 g/mol. The molecule has 0 bridgehead atoms. The maximum Gasteiger partial charge on any atom is 0.256 e. The fraction of sp³-hybridized carbons (Fsp3) is 0.150. The number of aromatic nitrogens is 1. The molecule has 0 aliphatic heterocycles. The van der Waals surface area contributed by atoms with Crippen LogP contribution < -0.4 is 11.5 Å². The summed E-state index contributed by atoms with van der Waals surface area (Å²) < 4.78 is 1.59. The number of rotatable bonds is 4. The molecule has 3 rings (SSSR count). The van der Waals surface area contributed by atoms with Crippen LogP contribution in [0.2, 0.25) is 0 Å². The number of carbonyl (C=O) groups excluding carboxylic acids is 2. The summed E-state index contributed by atoms with van der Waals surface area (Å²) in [7, 11) is 0. The summed E-state index contributed by atoms with van der Waals surface area (Å²) in [4.78, 5) is 28.3. The van der Waals surface area contributed by atoms with E-state index < -0.39 is 11.8 Å². The van der Waals surface area contributed by atoms with E-state index in [0.29, 0.717) is 6.42 Å². The van der Waals surface area contributed by atoms with Crippen LogP contribution in [0, 0.1) is 0 Å². The van der Waals surface area contributed by atoms with E-state index >= 15 is 0 Å². The molecule has 132 valence electrons. The van der Waals surface area contributed by atoms with Crippen molar-refractivity contribution in [2.75, 3.05) is 0 Å². The van der Waals surface area contributed by atoms with Gasteiger partial charge in [-0.2, -0.15) is 4.99 Å². The van der Waals surface area contributed by atoms with Crippen LogP contribution >= 0.6 is 0 Å². The zero-order valence-corrected chi connectivity index (χ0v) is 14.4. The standard InChI is InChI=1S/C20H20N4O2/c1-13(25)24-12-15(16-9-5-6-10-18(16)24)11-17(19(26)23-20(21)22)14-7-3-2-4-8-14/h2-10,12,17H,11H2,1H3,(H4,21,22,23,26)/t17-/m1/s1. The molecule has 0 fully saturated rings. The van der Waals surface area contributed by atoms with Crippen LogP contribution in [0.3, 0.4) is 0 Å². The Morgan fingerprint density at radius 1 is 1.04 bits per heavy atom. The van der Waals surface area contributed by atoms with Crippen molar-refractivity contribution in [3.63, 3.8) is 0 Å². The molecule has 0 radical (unpaired) electrons. The number of fused-ring (bicyclic) bond motifs is 1. The Morgan fingerprint density at radius 2 is 1.69 bits per heavy atom. The van der Waals surface area contributed by atoms with Crippen LogP contribution in [-0.2, 0) is 11.2 Å². The van der Waals surface area contributed by atoms with Gasteiger partial charge < -0.3 is 11.5 Å². The van der Waals surface area contributed by atoms with Gasteiger partial charge in [-0.15, -0.1) is 0 Å². The molecule has 6 heteroatoms.